The first kappa shape index (κ1) is 10.7. The maximum absolute atomic E-state index is 5.59. The average Bonchev–Trinajstić information content (AvgIpc) is 2.49. The summed E-state index contributed by atoms with van der Waals surface area (Å²) in [6, 6.07) is 4.10. The van der Waals surface area contributed by atoms with E-state index in [2.05, 4.69) is 30.1 Å². The molecule has 1 aliphatic heterocycles. The first-order chi connectivity index (χ1) is 7.05. The summed E-state index contributed by atoms with van der Waals surface area (Å²) in [7, 11) is 0. The Balaban J connectivity index is 1.95. The standard InChI is InChI=1S/C12H20N2O/c1-10-4-5-11(15-10)8-14-7-6-13-12(2,3)9-14/h4-5,13H,6-9H2,1-3H3. The highest BCUT2D eigenvalue weighted by Gasteiger charge is 2.25. The monoisotopic (exact) mass is 208 g/mol. The summed E-state index contributed by atoms with van der Waals surface area (Å²) in [5, 5.41) is 3.51. The van der Waals surface area contributed by atoms with Crippen LogP contribution in [0.15, 0.2) is 16.5 Å². The zero-order chi connectivity index (χ0) is 10.9. The first-order valence-corrected chi connectivity index (χ1v) is 5.58. The van der Waals surface area contributed by atoms with Gasteiger partial charge in [0.1, 0.15) is 11.5 Å². The molecular formula is C12H20N2O. The molecule has 1 fully saturated rings. The molecule has 3 nitrogen and oxygen atoms in total. The molecular weight excluding hydrogens is 188 g/mol. The molecule has 84 valence electrons. The highest BCUT2D eigenvalue weighted by atomic mass is 16.3. The maximum atomic E-state index is 5.59. The number of piperazine rings is 1. The van der Waals surface area contributed by atoms with Crippen LogP contribution in [0.5, 0.6) is 0 Å². The van der Waals surface area contributed by atoms with E-state index in [0.717, 1.165) is 37.7 Å². The van der Waals surface area contributed by atoms with E-state index in [4.69, 9.17) is 4.42 Å². The van der Waals surface area contributed by atoms with E-state index in [-0.39, 0.29) is 5.54 Å². The predicted octanol–water partition coefficient (Wildman–Crippen LogP) is 1.77. The van der Waals surface area contributed by atoms with Gasteiger partial charge in [0, 0.05) is 25.2 Å². The Morgan fingerprint density at radius 1 is 1.47 bits per heavy atom. The fourth-order valence-electron chi connectivity index (χ4n) is 2.17. The van der Waals surface area contributed by atoms with Gasteiger partial charge in [-0.3, -0.25) is 4.90 Å². The molecule has 0 spiro atoms. The van der Waals surface area contributed by atoms with Crippen LogP contribution in [0.4, 0.5) is 0 Å². The van der Waals surface area contributed by atoms with Crippen molar-refractivity contribution >= 4 is 0 Å². The number of nitrogens with one attached hydrogen (secondary N) is 1. The largest absolute Gasteiger partial charge is 0.465 e. The van der Waals surface area contributed by atoms with Crippen LogP contribution in [0.2, 0.25) is 0 Å². The zero-order valence-electron chi connectivity index (χ0n) is 9.84. The predicted molar refractivity (Wildman–Crippen MR) is 60.8 cm³/mol. The molecule has 0 bridgehead atoms. The van der Waals surface area contributed by atoms with Crippen LogP contribution >= 0.6 is 0 Å². The highest BCUT2D eigenvalue weighted by molar-refractivity contribution is 5.05. The molecule has 0 aliphatic carbocycles. The minimum absolute atomic E-state index is 0.222. The normalized spacial score (nSPS) is 21.8. The molecule has 1 aliphatic rings. The summed E-state index contributed by atoms with van der Waals surface area (Å²) < 4.78 is 5.59. The van der Waals surface area contributed by atoms with E-state index in [1.165, 1.54) is 0 Å². The minimum Gasteiger partial charge on any atom is -0.465 e. The summed E-state index contributed by atoms with van der Waals surface area (Å²) in [4.78, 5) is 2.44. The summed E-state index contributed by atoms with van der Waals surface area (Å²) in [6.45, 7) is 10.6. The SMILES string of the molecule is Cc1ccc(CN2CCNC(C)(C)C2)o1. The second-order valence-electron chi connectivity index (χ2n) is 5.03. The van der Waals surface area contributed by atoms with Crippen molar-refractivity contribution in [2.75, 3.05) is 19.6 Å². The van der Waals surface area contributed by atoms with Gasteiger partial charge in [0.2, 0.25) is 0 Å². The lowest BCUT2D eigenvalue weighted by atomic mass is 10.0. The summed E-state index contributed by atoms with van der Waals surface area (Å²) in [5.74, 6) is 2.07. The molecule has 3 heteroatoms. The summed E-state index contributed by atoms with van der Waals surface area (Å²) >= 11 is 0. The van der Waals surface area contributed by atoms with Gasteiger partial charge in [0.25, 0.3) is 0 Å². The molecule has 0 unspecified atom stereocenters. The summed E-state index contributed by atoms with van der Waals surface area (Å²) in [5.41, 5.74) is 0.222. The van der Waals surface area contributed by atoms with Crippen molar-refractivity contribution in [1.29, 1.82) is 0 Å². The van der Waals surface area contributed by atoms with Crippen molar-refractivity contribution in [2.45, 2.75) is 32.9 Å². The lowest BCUT2D eigenvalue weighted by Gasteiger charge is -2.38. The minimum atomic E-state index is 0.222. The van der Waals surface area contributed by atoms with Crippen molar-refractivity contribution in [1.82, 2.24) is 10.2 Å². The Bertz CT molecular complexity index is 330. The van der Waals surface area contributed by atoms with Gasteiger partial charge in [-0.05, 0) is 32.9 Å². The first-order valence-electron chi connectivity index (χ1n) is 5.58. The van der Waals surface area contributed by atoms with E-state index in [1.54, 1.807) is 0 Å². The average molecular weight is 208 g/mol. The number of hydrogen-bond acceptors (Lipinski definition) is 3. The van der Waals surface area contributed by atoms with Crippen molar-refractivity contribution in [2.24, 2.45) is 0 Å². The lowest BCUT2D eigenvalue weighted by Crippen LogP contribution is -2.56. The number of aryl methyl sites for hydroxylation is 1. The Morgan fingerprint density at radius 2 is 2.27 bits per heavy atom. The van der Waals surface area contributed by atoms with Crippen LogP contribution < -0.4 is 5.32 Å². The Labute approximate surface area is 91.4 Å². The molecule has 1 aromatic rings. The topological polar surface area (TPSA) is 28.4 Å². The van der Waals surface area contributed by atoms with Crippen LogP contribution in [0.1, 0.15) is 25.4 Å². The smallest absolute Gasteiger partial charge is 0.118 e. The third-order valence-corrected chi connectivity index (χ3v) is 2.83. The van der Waals surface area contributed by atoms with Crippen LogP contribution in [-0.2, 0) is 6.54 Å². The van der Waals surface area contributed by atoms with E-state index < -0.39 is 0 Å². The maximum Gasteiger partial charge on any atom is 0.118 e. The lowest BCUT2D eigenvalue weighted by molar-refractivity contribution is 0.139. The third-order valence-electron chi connectivity index (χ3n) is 2.83. The second-order valence-corrected chi connectivity index (χ2v) is 5.03. The second kappa shape index (κ2) is 3.99. The molecule has 15 heavy (non-hydrogen) atoms. The fraction of sp³-hybridized carbons (Fsp3) is 0.667. The Kier molecular flexibility index (Phi) is 2.85. The van der Waals surface area contributed by atoms with Crippen molar-refractivity contribution in [3.8, 4) is 0 Å². The molecule has 0 saturated carbocycles. The van der Waals surface area contributed by atoms with Crippen molar-refractivity contribution in [3.05, 3.63) is 23.7 Å². The van der Waals surface area contributed by atoms with Gasteiger partial charge < -0.3 is 9.73 Å². The molecule has 2 rings (SSSR count). The van der Waals surface area contributed by atoms with Gasteiger partial charge in [-0.1, -0.05) is 0 Å². The number of nitrogens with zero attached hydrogens (tertiary/aromatic N) is 1. The zero-order valence-corrected chi connectivity index (χ0v) is 9.84. The molecule has 1 N–H and O–H groups in total. The number of furan rings is 1. The van der Waals surface area contributed by atoms with Gasteiger partial charge in [0.05, 0.1) is 6.54 Å². The van der Waals surface area contributed by atoms with E-state index >= 15 is 0 Å². The van der Waals surface area contributed by atoms with Crippen LogP contribution in [0, 0.1) is 6.92 Å². The van der Waals surface area contributed by atoms with Crippen LogP contribution in [0.3, 0.4) is 0 Å². The summed E-state index contributed by atoms with van der Waals surface area (Å²) in [6.07, 6.45) is 0. The molecule has 0 atom stereocenters. The molecule has 0 aromatic carbocycles. The van der Waals surface area contributed by atoms with Gasteiger partial charge in [0.15, 0.2) is 0 Å². The fourth-order valence-corrected chi connectivity index (χ4v) is 2.17. The van der Waals surface area contributed by atoms with Crippen molar-refractivity contribution in [3.63, 3.8) is 0 Å². The van der Waals surface area contributed by atoms with Crippen molar-refractivity contribution < 1.29 is 4.42 Å². The Morgan fingerprint density at radius 3 is 2.87 bits per heavy atom. The Hall–Kier alpha value is -0.800. The van der Waals surface area contributed by atoms with E-state index in [1.807, 2.05) is 13.0 Å². The molecule has 2 heterocycles. The van der Waals surface area contributed by atoms with Gasteiger partial charge >= 0.3 is 0 Å². The number of rotatable bonds is 2. The molecule has 1 aromatic heterocycles. The van der Waals surface area contributed by atoms with E-state index in [9.17, 15) is 0 Å². The van der Waals surface area contributed by atoms with Gasteiger partial charge in [-0.15, -0.1) is 0 Å². The van der Waals surface area contributed by atoms with Gasteiger partial charge in [-0.2, -0.15) is 0 Å². The quantitative estimate of drug-likeness (QED) is 0.803. The van der Waals surface area contributed by atoms with Gasteiger partial charge in [-0.25, -0.2) is 0 Å². The molecule has 1 saturated heterocycles. The van der Waals surface area contributed by atoms with Crippen LogP contribution in [0.25, 0.3) is 0 Å². The highest BCUT2D eigenvalue weighted by Crippen LogP contribution is 2.15. The van der Waals surface area contributed by atoms with E-state index in [0.29, 0.717) is 0 Å². The number of hydrogen-bond donors (Lipinski definition) is 1. The molecule has 0 amide bonds. The molecule has 0 radical (unpaired) electrons. The van der Waals surface area contributed by atoms with Crippen LogP contribution in [-0.4, -0.2) is 30.1 Å². The third kappa shape index (κ3) is 2.83.